The van der Waals surface area contributed by atoms with Crippen molar-refractivity contribution in [1.29, 1.82) is 0 Å². The first-order valence-electron chi connectivity index (χ1n) is 5.80. The van der Waals surface area contributed by atoms with E-state index in [1.54, 1.807) is 18.3 Å². The van der Waals surface area contributed by atoms with Gasteiger partial charge in [0.1, 0.15) is 0 Å². The summed E-state index contributed by atoms with van der Waals surface area (Å²) in [6.07, 6.45) is 3.60. The van der Waals surface area contributed by atoms with E-state index in [-0.39, 0.29) is 10.6 Å². The molecular formula is C14H14N2O2. The van der Waals surface area contributed by atoms with Crippen LogP contribution in [0.25, 0.3) is 0 Å². The lowest BCUT2D eigenvalue weighted by molar-refractivity contribution is -0.384. The molecule has 0 aliphatic rings. The molecule has 2 aromatic rings. The lowest BCUT2D eigenvalue weighted by Crippen LogP contribution is -1.94. The van der Waals surface area contributed by atoms with Crippen molar-refractivity contribution in [3.63, 3.8) is 0 Å². The summed E-state index contributed by atoms with van der Waals surface area (Å²) in [6, 6.07) is 10.8. The molecule has 0 saturated heterocycles. The molecule has 0 N–H and O–H groups in total. The molecule has 1 aromatic carbocycles. The Morgan fingerprint density at radius 2 is 1.78 bits per heavy atom. The Balaban J connectivity index is 2.00. The summed E-state index contributed by atoms with van der Waals surface area (Å²) < 4.78 is 0. The van der Waals surface area contributed by atoms with Gasteiger partial charge in [-0.2, -0.15) is 0 Å². The standard InChI is InChI=1S/C14H14N2O2/c1-11-10-13(8-9-15-11)3-2-12-4-6-14(7-5-12)16(17)18/h4-10H,2-3H2,1H3. The predicted octanol–water partition coefficient (Wildman–Crippen LogP) is 3.08. The molecule has 0 saturated carbocycles. The van der Waals surface area contributed by atoms with E-state index in [1.807, 2.05) is 25.1 Å². The average Bonchev–Trinajstić information content (AvgIpc) is 2.37. The van der Waals surface area contributed by atoms with Gasteiger partial charge in [-0.15, -0.1) is 0 Å². The van der Waals surface area contributed by atoms with Crippen molar-refractivity contribution in [2.45, 2.75) is 19.8 Å². The topological polar surface area (TPSA) is 56.0 Å². The molecule has 1 heterocycles. The van der Waals surface area contributed by atoms with Gasteiger partial charge in [0.25, 0.3) is 5.69 Å². The van der Waals surface area contributed by atoms with E-state index < -0.39 is 0 Å². The van der Waals surface area contributed by atoms with Crippen molar-refractivity contribution in [2.24, 2.45) is 0 Å². The molecule has 0 amide bonds. The van der Waals surface area contributed by atoms with Gasteiger partial charge in [0.2, 0.25) is 0 Å². The fraction of sp³-hybridized carbons (Fsp3) is 0.214. The van der Waals surface area contributed by atoms with Crippen LogP contribution in [0.3, 0.4) is 0 Å². The second kappa shape index (κ2) is 5.40. The van der Waals surface area contributed by atoms with Crippen LogP contribution in [0.4, 0.5) is 5.69 Å². The Morgan fingerprint density at radius 1 is 1.11 bits per heavy atom. The highest BCUT2D eigenvalue weighted by Crippen LogP contribution is 2.14. The molecule has 4 nitrogen and oxygen atoms in total. The average molecular weight is 242 g/mol. The first kappa shape index (κ1) is 12.2. The van der Waals surface area contributed by atoms with Crippen LogP contribution in [-0.2, 0) is 12.8 Å². The summed E-state index contributed by atoms with van der Waals surface area (Å²) in [7, 11) is 0. The molecule has 0 aliphatic heterocycles. The Hall–Kier alpha value is -2.23. The second-order valence-electron chi connectivity index (χ2n) is 4.23. The van der Waals surface area contributed by atoms with Gasteiger partial charge in [0, 0.05) is 24.0 Å². The number of aromatic nitrogens is 1. The molecule has 0 bridgehead atoms. The molecule has 2 rings (SSSR count). The summed E-state index contributed by atoms with van der Waals surface area (Å²) in [4.78, 5) is 14.3. The van der Waals surface area contributed by atoms with Gasteiger partial charge in [-0.1, -0.05) is 12.1 Å². The first-order valence-corrected chi connectivity index (χ1v) is 5.80. The normalized spacial score (nSPS) is 10.3. The summed E-state index contributed by atoms with van der Waals surface area (Å²) >= 11 is 0. The van der Waals surface area contributed by atoms with Gasteiger partial charge in [-0.05, 0) is 43.0 Å². The molecule has 0 fully saturated rings. The molecule has 0 aliphatic carbocycles. The molecular weight excluding hydrogens is 228 g/mol. The molecule has 92 valence electrons. The molecule has 0 spiro atoms. The number of benzene rings is 1. The van der Waals surface area contributed by atoms with Crippen molar-refractivity contribution in [3.05, 3.63) is 69.5 Å². The van der Waals surface area contributed by atoms with Crippen LogP contribution in [0.15, 0.2) is 42.6 Å². The number of nitrogens with zero attached hydrogens (tertiary/aromatic N) is 2. The van der Waals surface area contributed by atoms with Crippen molar-refractivity contribution in [3.8, 4) is 0 Å². The lowest BCUT2D eigenvalue weighted by Gasteiger charge is -2.02. The highest BCUT2D eigenvalue weighted by atomic mass is 16.6. The number of hydrogen-bond donors (Lipinski definition) is 0. The van der Waals surface area contributed by atoms with E-state index in [9.17, 15) is 10.1 Å². The Kier molecular flexibility index (Phi) is 3.67. The van der Waals surface area contributed by atoms with Crippen LogP contribution in [-0.4, -0.2) is 9.91 Å². The Labute approximate surface area is 105 Å². The van der Waals surface area contributed by atoms with E-state index in [4.69, 9.17) is 0 Å². The smallest absolute Gasteiger partial charge is 0.262 e. The van der Waals surface area contributed by atoms with Crippen molar-refractivity contribution < 1.29 is 4.92 Å². The minimum Gasteiger partial charge on any atom is -0.262 e. The maximum Gasteiger partial charge on any atom is 0.269 e. The van der Waals surface area contributed by atoms with Gasteiger partial charge in [-0.25, -0.2) is 0 Å². The predicted molar refractivity (Wildman–Crippen MR) is 69.5 cm³/mol. The second-order valence-corrected chi connectivity index (χ2v) is 4.23. The monoisotopic (exact) mass is 242 g/mol. The van der Waals surface area contributed by atoms with Gasteiger partial charge >= 0.3 is 0 Å². The van der Waals surface area contributed by atoms with Crippen LogP contribution >= 0.6 is 0 Å². The molecule has 1 aromatic heterocycles. The molecule has 0 unspecified atom stereocenters. The van der Waals surface area contributed by atoms with Crippen LogP contribution < -0.4 is 0 Å². The summed E-state index contributed by atoms with van der Waals surface area (Å²) in [5.74, 6) is 0. The Morgan fingerprint density at radius 3 is 2.39 bits per heavy atom. The largest absolute Gasteiger partial charge is 0.269 e. The third-order valence-corrected chi connectivity index (χ3v) is 2.81. The van der Waals surface area contributed by atoms with Gasteiger partial charge in [0.15, 0.2) is 0 Å². The van der Waals surface area contributed by atoms with Crippen LogP contribution in [0, 0.1) is 17.0 Å². The van der Waals surface area contributed by atoms with Crippen molar-refractivity contribution in [2.75, 3.05) is 0 Å². The third kappa shape index (κ3) is 3.13. The van der Waals surface area contributed by atoms with Gasteiger partial charge in [-0.3, -0.25) is 15.1 Å². The molecule has 0 radical (unpaired) electrons. The number of aryl methyl sites for hydroxylation is 3. The van der Waals surface area contributed by atoms with Crippen molar-refractivity contribution in [1.82, 2.24) is 4.98 Å². The SMILES string of the molecule is Cc1cc(CCc2ccc([N+](=O)[O-])cc2)ccn1. The molecule has 18 heavy (non-hydrogen) atoms. The quantitative estimate of drug-likeness (QED) is 0.611. The molecule has 4 heteroatoms. The zero-order chi connectivity index (χ0) is 13.0. The zero-order valence-corrected chi connectivity index (χ0v) is 10.2. The fourth-order valence-corrected chi connectivity index (χ4v) is 1.83. The lowest BCUT2D eigenvalue weighted by atomic mass is 10.0. The first-order chi connectivity index (χ1) is 8.65. The number of nitro benzene ring substituents is 1. The molecule has 0 atom stereocenters. The zero-order valence-electron chi connectivity index (χ0n) is 10.2. The number of rotatable bonds is 4. The minimum absolute atomic E-state index is 0.138. The van der Waals surface area contributed by atoms with Crippen LogP contribution in [0.1, 0.15) is 16.8 Å². The summed E-state index contributed by atoms with van der Waals surface area (Å²) in [6.45, 7) is 1.97. The number of pyridine rings is 1. The summed E-state index contributed by atoms with van der Waals surface area (Å²) in [5, 5.41) is 10.5. The number of non-ortho nitro benzene ring substituents is 1. The maximum atomic E-state index is 10.5. The van der Waals surface area contributed by atoms with Crippen LogP contribution in [0.5, 0.6) is 0 Å². The fourth-order valence-electron chi connectivity index (χ4n) is 1.83. The van der Waals surface area contributed by atoms with E-state index in [0.717, 1.165) is 24.1 Å². The van der Waals surface area contributed by atoms with Gasteiger partial charge in [0.05, 0.1) is 4.92 Å². The third-order valence-electron chi connectivity index (χ3n) is 2.81. The maximum absolute atomic E-state index is 10.5. The number of nitro groups is 1. The van der Waals surface area contributed by atoms with Crippen LogP contribution in [0.2, 0.25) is 0 Å². The van der Waals surface area contributed by atoms with E-state index >= 15 is 0 Å². The van der Waals surface area contributed by atoms with Gasteiger partial charge < -0.3 is 0 Å². The van der Waals surface area contributed by atoms with E-state index in [1.165, 1.54) is 5.56 Å². The minimum atomic E-state index is -0.379. The van der Waals surface area contributed by atoms with Crippen molar-refractivity contribution >= 4 is 5.69 Å². The Bertz CT molecular complexity index is 550. The number of hydrogen-bond acceptors (Lipinski definition) is 3. The van der Waals surface area contributed by atoms with E-state index in [0.29, 0.717) is 0 Å². The highest BCUT2D eigenvalue weighted by molar-refractivity contribution is 5.33. The summed E-state index contributed by atoms with van der Waals surface area (Å²) in [5.41, 5.74) is 3.49. The van der Waals surface area contributed by atoms with E-state index in [2.05, 4.69) is 11.1 Å². The highest BCUT2D eigenvalue weighted by Gasteiger charge is 2.04.